The van der Waals surface area contributed by atoms with Crippen LogP contribution in [0, 0.1) is 0 Å². The zero-order chi connectivity index (χ0) is 10.8. The van der Waals surface area contributed by atoms with Crippen LogP contribution in [0.25, 0.3) is 5.53 Å². The third-order valence-corrected chi connectivity index (χ3v) is 2.68. The van der Waals surface area contributed by atoms with Crippen LogP contribution in [0.3, 0.4) is 0 Å². The number of hydrogen-bond donors (Lipinski definition) is 0. The van der Waals surface area contributed by atoms with Gasteiger partial charge < -0.3 is 10.3 Å². The molecular formula is C10H7BrN2O2. The summed E-state index contributed by atoms with van der Waals surface area (Å²) in [4.78, 5) is 13.9. The van der Waals surface area contributed by atoms with Gasteiger partial charge in [-0.2, -0.15) is 4.79 Å². The van der Waals surface area contributed by atoms with E-state index in [0.717, 1.165) is 16.3 Å². The highest BCUT2D eigenvalue weighted by Crippen LogP contribution is 2.39. The van der Waals surface area contributed by atoms with Crippen LogP contribution in [-0.2, 0) is 9.53 Å². The number of epoxide rings is 1. The standard InChI is InChI=1S/C10H7BrN2O2/c11-7-3-1-6(2-4-7)9-10(15-9)8(14)5-13-12/h1-5,9-10H. The highest BCUT2D eigenvalue weighted by Gasteiger charge is 2.46. The predicted octanol–water partition coefficient (Wildman–Crippen LogP) is 1.76. The quantitative estimate of drug-likeness (QED) is 0.362. The van der Waals surface area contributed by atoms with Gasteiger partial charge in [-0.15, -0.1) is 0 Å². The van der Waals surface area contributed by atoms with Gasteiger partial charge in [0.25, 0.3) is 5.78 Å². The first-order valence-corrected chi connectivity index (χ1v) is 5.14. The van der Waals surface area contributed by atoms with Gasteiger partial charge in [0, 0.05) is 4.47 Å². The summed E-state index contributed by atoms with van der Waals surface area (Å²) in [5.41, 5.74) is 9.14. The van der Waals surface area contributed by atoms with Gasteiger partial charge in [-0.1, -0.05) is 28.1 Å². The Labute approximate surface area is 94.6 Å². The van der Waals surface area contributed by atoms with Gasteiger partial charge in [-0.25, -0.2) is 0 Å². The normalized spacial score (nSPS) is 23.0. The fourth-order valence-corrected chi connectivity index (χ4v) is 1.63. The Morgan fingerprint density at radius 1 is 1.47 bits per heavy atom. The lowest BCUT2D eigenvalue weighted by Gasteiger charge is -1.94. The van der Waals surface area contributed by atoms with Gasteiger partial charge in [-0.3, -0.25) is 4.79 Å². The molecule has 0 radical (unpaired) electrons. The Bertz CT molecular complexity index is 437. The zero-order valence-corrected chi connectivity index (χ0v) is 9.22. The van der Waals surface area contributed by atoms with E-state index in [0.29, 0.717) is 0 Å². The SMILES string of the molecule is [N-]=[N+]=CC(=O)C1OC1c1ccc(Br)cc1. The Morgan fingerprint density at radius 2 is 2.13 bits per heavy atom. The molecule has 0 spiro atoms. The van der Waals surface area contributed by atoms with Crippen LogP contribution in [0.15, 0.2) is 28.7 Å². The van der Waals surface area contributed by atoms with Crippen molar-refractivity contribution in [2.75, 3.05) is 0 Å². The van der Waals surface area contributed by atoms with E-state index in [9.17, 15) is 4.79 Å². The Morgan fingerprint density at radius 3 is 2.73 bits per heavy atom. The molecule has 0 amide bonds. The number of Topliss-reactive ketones (excluding diaryl/α,β-unsaturated/α-hetero) is 1. The fourth-order valence-electron chi connectivity index (χ4n) is 1.37. The Kier molecular flexibility index (Phi) is 2.77. The topological polar surface area (TPSA) is 66.0 Å². The number of ketones is 1. The molecule has 0 aromatic heterocycles. The molecule has 15 heavy (non-hydrogen) atoms. The molecule has 1 aliphatic heterocycles. The van der Waals surface area contributed by atoms with Crippen LogP contribution in [0.4, 0.5) is 0 Å². The van der Waals surface area contributed by atoms with Crippen molar-refractivity contribution in [1.82, 2.24) is 0 Å². The van der Waals surface area contributed by atoms with Crippen molar-refractivity contribution in [3.8, 4) is 0 Å². The van der Waals surface area contributed by atoms with Gasteiger partial charge in [-0.05, 0) is 17.7 Å². The van der Waals surface area contributed by atoms with Crippen molar-refractivity contribution < 1.29 is 14.3 Å². The van der Waals surface area contributed by atoms with Crippen molar-refractivity contribution in [3.63, 3.8) is 0 Å². The highest BCUT2D eigenvalue weighted by atomic mass is 79.9. The van der Waals surface area contributed by atoms with E-state index in [4.69, 9.17) is 10.3 Å². The molecule has 4 nitrogen and oxygen atoms in total. The number of rotatable bonds is 3. The van der Waals surface area contributed by atoms with Crippen LogP contribution in [0.2, 0.25) is 0 Å². The summed E-state index contributed by atoms with van der Waals surface area (Å²) in [5.74, 6) is -0.314. The molecule has 0 N–H and O–H groups in total. The number of hydrogen-bond acceptors (Lipinski definition) is 2. The Balaban J connectivity index is 2.08. The van der Waals surface area contributed by atoms with E-state index in [2.05, 4.69) is 20.7 Å². The molecule has 0 bridgehead atoms. The fraction of sp³-hybridized carbons (Fsp3) is 0.200. The maximum absolute atomic E-state index is 11.2. The van der Waals surface area contributed by atoms with Crippen LogP contribution in [0.5, 0.6) is 0 Å². The average molecular weight is 267 g/mol. The number of ether oxygens (including phenoxy) is 1. The molecule has 2 atom stereocenters. The lowest BCUT2D eigenvalue weighted by molar-refractivity contribution is -0.117. The maximum atomic E-state index is 11.2. The van der Waals surface area contributed by atoms with Gasteiger partial charge in [0.2, 0.25) is 0 Å². The highest BCUT2D eigenvalue weighted by molar-refractivity contribution is 9.10. The Hall–Kier alpha value is -1.29. The summed E-state index contributed by atoms with van der Waals surface area (Å²) >= 11 is 3.32. The van der Waals surface area contributed by atoms with Crippen molar-refractivity contribution in [1.29, 1.82) is 0 Å². The molecule has 1 aromatic carbocycles. The summed E-state index contributed by atoms with van der Waals surface area (Å²) in [5, 5.41) is 0. The first-order chi connectivity index (χ1) is 7.22. The minimum Gasteiger partial charge on any atom is -0.361 e. The van der Waals surface area contributed by atoms with Crippen molar-refractivity contribution >= 4 is 27.9 Å². The first kappa shape index (κ1) is 10.2. The number of halogens is 1. The smallest absolute Gasteiger partial charge is 0.326 e. The van der Waals surface area contributed by atoms with Crippen LogP contribution >= 0.6 is 15.9 Å². The summed E-state index contributed by atoms with van der Waals surface area (Å²) in [6.45, 7) is 0. The van der Waals surface area contributed by atoms with Crippen LogP contribution in [0.1, 0.15) is 11.7 Å². The third kappa shape index (κ3) is 2.21. The van der Waals surface area contributed by atoms with Gasteiger partial charge in [0.15, 0.2) is 6.10 Å². The monoisotopic (exact) mass is 266 g/mol. The summed E-state index contributed by atoms with van der Waals surface area (Å²) in [6, 6.07) is 7.55. The summed E-state index contributed by atoms with van der Waals surface area (Å²) in [6.07, 6.45) is 0.162. The molecule has 1 heterocycles. The molecule has 0 saturated carbocycles. The lowest BCUT2D eigenvalue weighted by atomic mass is 10.1. The number of carbonyl (C=O) groups is 1. The average Bonchev–Trinajstić information content (AvgIpc) is 2.99. The second-order valence-corrected chi connectivity index (χ2v) is 4.09. The van der Waals surface area contributed by atoms with E-state index in [1.165, 1.54) is 0 Å². The number of carbonyl (C=O) groups excluding carboxylic acids is 1. The predicted molar refractivity (Wildman–Crippen MR) is 56.4 cm³/mol. The number of nitrogens with zero attached hydrogens (tertiary/aromatic N) is 2. The van der Waals surface area contributed by atoms with E-state index in [-0.39, 0.29) is 11.9 Å². The maximum Gasteiger partial charge on any atom is 0.326 e. The van der Waals surface area contributed by atoms with E-state index in [1.807, 2.05) is 24.3 Å². The van der Waals surface area contributed by atoms with Gasteiger partial charge in [0.1, 0.15) is 6.10 Å². The second kappa shape index (κ2) is 4.06. The molecule has 2 unspecified atom stereocenters. The van der Waals surface area contributed by atoms with Crippen molar-refractivity contribution in [2.45, 2.75) is 12.2 Å². The van der Waals surface area contributed by atoms with Crippen LogP contribution < -0.4 is 0 Å². The molecule has 5 heteroatoms. The molecule has 2 rings (SSSR count). The second-order valence-electron chi connectivity index (χ2n) is 3.18. The van der Waals surface area contributed by atoms with Crippen molar-refractivity contribution in [3.05, 3.63) is 39.8 Å². The van der Waals surface area contributed by atoms with Gasteiger partial charge in [0.05, 0.1) is 0 Å². The zero-order valence-electron chi connectivity index (χ0n) is 7.63. The first-order valence-electron chi connectivity index (χ1n) is 4.34. The largest absolute Gasteiger partial charge is 0.361 e. The molecule has 0 aliphatic carbocycles. The number of benzene rings is 1. The minimum absolute atomic E-state index is 0.205. The third-order valence-electron chi connectivity index (χ3n) is 2.16. The molecule has 1 fully saturated rings. The summed E-state index contributed by atoms with van der Waals surface area (Å²) in [7, 11) is 0. The molecular weight excluding hydrogens is 260 g/mol. The molecule has 1 saturated heterocycles. The summed E-state index contributed by atoms with van der Waals surface area (Å²) < 4.78 is 6.17. The minimum atomic E-state index is -0.498. The molecule has 1 aromatic rings. The lowest BCUT2D eigenvalue weighted by Crippen LogP contribution is -2.09. The molecule has 76 valence electrons. The van der Waals surface area contributed by atoms with E-state index >= 15 is 0 Å². The van der Waals surface area contributed by atoms with Gasteiger partial charge >= 0.3 is 6.21 Å². The van der Waals surface area contributed by atoms with E-state index in [1.54, 1.807) is 0 Å². The van der Waals surface area contributed by atoms with Crippen molar-refractivity contribution in [2.24, 2.45) is 0 Å². The van der Waals surface area contributed by atoms with Crippen LogP contribution in [-0.4, -0.2) is 22.9 Å². The molecule has 1 aliphatic rings. The van der Waals surface area contributed by atoms with E-state index < -0.39 is 6.10 Å².